The lowest BCUT2D eigenvalue weighted by Crippen LogP contribution is -2.41. The van der Waals surface area contributed by atoms with Crippen LogP contribution in [0, 0.1) is 0 Å². The molecule has 3 rings (SSSR count). The molecule has 7 heteroatoms. The van der Waals surface area contributed by atoms with Crippen molar-refractivity contribution in [2.24, 2.45) is 5.10 Å². The van der Waals surface area contributed by atoms with E-state index in [2.05, 4.69) is 10.0 Å². The molecule has 0 N–H and O–H groups in total. The van der Waals surface area contributed by atoms with Crippen LogP contribution in [0.5, 0.6) is 0 Å². The molecule has 7 nitrogen and oxygen atoms in total. The van der Waals surface area contributed by atoms with Crippen LogP contribution in [0.1, 0.15) is 13.3 Å². The van der Waals surface area contributed by atoms with Crippen LogP contribution in [0.25, 0.3) is 0 Å². The normalized spacial score (nSPS) is 30.6. The maximum absolute atomic E-state index is 11.8. The van der Waals surface area contributed by atoms with Crippen LogP contribution >= 0.6 is 0 Å². The molecule has 0 aromatic carbocycles. The lowest BCUT2D eigenvalue weighted by molar-refractivity contribution is 0.0188. The summed E-state index contributed by atoms with van der Waals surface area (Å²) in [6.07, 6.45) is 3.90. The summed E-state index contributed by atoms with van der Waals surface area (Å²) in [4.78, 5) is 14.0. The molecule has 21 heavy (non-hydrogen) atoms. The van der Waals surface area contributed by atoms with Gasteiger partial charge in [0.15, 0.2) is 0 Å². The summed E-state index contributed by atoms with van der Waals surface area (Å²) in [6.45, 7) is 6.40. The van der Waals surface area contributed by atoms with Gasteiger partial charge in [-0.05, 0) is 13.0 Å². The second-order valence-corrected chi connectivity index (χ2v) is 5.47. The van der Waals surface area contributed by atoms with Gasteiger partial charge >= 0.3 is 6.09 Å². The zero-order chi connectivity index (χ0) is 14.7. The predicted molar refractivity (Wildman–Crippen MR) is 76.0 cm³/mol. The van der Waals surface area contributed by atoms with E-state index in [1.807, 2.05) is 13.0 Å². The molecule has 3 aliphatic heterocycles. The summed E-state index contributed by atoms with van der Waals surface area (Å²) in [7, 11) is 0. The van der Waals surface area contributed by atoms with Crippen LogP contribution in [-0.2, 0) is 14.2 Å². The van der Waals surface area contributed by atoms with Gasteiger partial charge in [-0.1, -0.05) is 0 Å². The topological polar surface area (TPSA) is 63.6 Å². The molecule has 0 aliphatic carbocycles. The van der Waals surface area contributed by atoms with Gasteiger partial charge in [0.1, 0.15) is 12.2 Å². The first-order valence-corrected chi connectivity index (χ1v) is 7.36. The van der Waals surface area contributed by atoms with Gasteiger partial charge in [0.25, 0.3) is 0 Å². The number of nitrogens with zero attached hydrogens (tertiary/aromatic N) is 3. The molecule has 2 fully saturated rings. The SMILES string of the molecule is CC1=CCC(/C=N/N2CC(CN3CCOCC3)OC2=O)O1. The first-order valence-electron chi connectivity index (χ1n) is 7.36. The average molecular weight is 295 g/mol. The molecule has 3 aliphatic rings. The van der Waals surface area contributed by atoms with Crippen molar-refractivity contribution in [3.8, 4) is 0 Å². The van der Waals surface area contributed by atoms with Crippen molar-refractivity contribution in [1.82, 2.24) is 9.91 Å². The van der Waals surface area contributed by atoms with Crippen molar-refractivity contribution in [1.29, 1.82) is 0 Å². The minimum atomic E-state index is -0.382. The van der Waals surface area contributed by atoms with E-state index in [1.54, 1.807) is 6.21 Å². The van der Waals surface area contributed by atoms with Crippen LogP contribution in [0.15, 0.2) is 16.9 Å². The largest absolute Gasteiger partial charge is 0.489 e. The van der Waals surface area contributed by atoms with Gasteiger partial charge in [-0.25, -0.2) is 4.79 Å². The molecule has 2 atom stereocenters. The number of morpholine rings is 1. The van der Waals surface area contributed by atoms with Gasteiger partial charge in [0.2, 0.25) is 0 Å². The first-order chi connectivity index (χ1) is 10.2. The third kappa shape index (κ3) is 3.74. The van der Waals surface area contributed by atoms with Gasteiger partial charge in [0.05, 0.1) is 31.7 Å². The Kier molecular flexibility index (Phi) is 4.40. The minimum absolute atomic E-state index is 0.0731. The van der Waals surface area contributed by atoms with Crippen LogP contribution in [0.2, 0.25) is 0 Å². The van der Waals surface area contributed by atoms with E-state index in [-0.39, 0.29) is 18.3 Å². The Morgan fingerprint density at radius 1 is 1.38 bits per heavy atom. The second kappa shape index (κ2) is 6.44. The quantitative estimate of drug-likeness (QED) is 0.718. The third-order valence-corrected chi connectivity index (χ3v) is 3.77. The van der Waals surface area contributed by atoms with Crippen LogP contribution in [-0.4, -0.2) is 73.8 Å². The summed E-state index contributed by atoms with van der Waals surface area (Å²) < 4.78 is 16.2. The number of hydrogen-bond acceptors (Lipinski definition) is 6. The van der Waals surface area contributed by atoms with E-state index in [1.165, 1.54) is 5.01 Å². The zero-order valence-electron chi connectivity index (χ0n) is 12.2. The van der Waals surface area contributed by atoms with Gasteiger partial charge < -0.3 is 14.2 Å². The number of amides is 1. The fraction of sp³-hybridized carbons (Fsp3) is 0.714. The van der Waals surface area contributed by atoms with E-state index in [9.17, 15) is 4.79 Å². The maximum Gasteiger partial charge on any atom is 0.430 e. The molecule has 1 amide bonds. The van der Waals surface area contributed by atoms with Crippen LogP contribution in [0.3, 0.4) is 0 Å². The molecule has 2 saturated heterocycles. The Balaban J connectivity index is 1.47. The fourth-order valence-electron chi connectivity index (χ4n) is 2.63. The number of carbonyl (C=O) groups is 1. The van der Waals surface area contributed by atoms with Gasteiger partial charge in [-0.2, -0.15) is 10.1 Å². The molecule has 0 saturated carbocycles. The molecular formula is C14H21N3O4. The predicted octanol–water partition coefficient (Wildman–Crippen LogP) is 0.818. The summed E-state index contributed by atoms with van der Waals surface area (Å²) in [5.41, 5.74) is 0. The van der Waals surface area contributed by atoms with Gasteiger partial charge in [0, 0.05) is 26.1 Å². The number of ether oxygens (including phenoxy) is 3. The lowest BCUT2D eigenvalue weighted by Gasteiger charge is -2.27. The summed E-state index contributed by atoms with van der Waals surface area (Å²) in [5.74, 6) is 0.903. The minimum Gasteiger partial charge on any atom is -0.489 e. The molecular weight excluding hydrogens is 274 g/mol. The zero-order valence-corrected chi connectivity index (χ0v) is 12.2. The number of hydrazone groups is 1. The Hall–Kier alpha value is -1.60. The lowest BCUT2D eigenvalue weighted by atomic mass is 10.3. The first kappa shape index (κ1) is 14.3. The number of allylic oxidation sites excluding steroid dienone is 1. The molecule has 0 aromatic rings. The highest BCUT2D eigenvalue weighted by Crippen LogP contribution is 2.17. The van der Waals surface area contributed by atoms with Crippen molar-refractivity contribution in [3.63, 3.8) is 0 Å². The molecule has 0 radical (unpaired) electrons. The average Bonchev–Trinajstić information content (AvgIpc) is 3.04. The summed E-state index contributed by atoms with van der Waals surface area (Å²) >= 11 is 0. The van der Waals surface area contributed by atoms with E-state index < -0.39 is 0 Å². The Morgan fingerprint density at radius 2 is 2.19 bits per heavy atom. The number of hydrogen-bond donors (Lipinski definition) is 0. The smallest absolute Gasteiger partial charge is 0.430 e. The van der Waals surface area contributed by atoms with Crippen molar-refractivity contribution in [3.05, 3.63) is 11.8 Å². The second-order valence-electron chi connectivity index (χ2n) is 5.47. The molecule has 0 bridgehead atoms. The summed E-state index contributed by atoms with van der Waals surface area (Å²) in [5, 5.41) is 5.57. The standard InChI is InChI=1S/C14H21N3O4/c1-11-2-3-12(20-11)8-15-17-10-13(21-14(17)18)9-16-4-6-19-7-5-16/h2,8,12-13H,3-7,9-10H2,1H3/b15-8+. The van der Waals surface area contributed by atoms with Crippen molar-refractivity contribution in [2.75, 3.05) is 39.4 Å². The maximum atomic E-state index is 11.8. The molecule has 116 valence electrons. The molecule has 2 unspecified atom stereocenters. The Labute approximate surface area is 124 Å². The van der Waals surface area contributed by atoms with Crippen LogP contribution in [0.4, 0.5) is 4.79 Å². The Bertz CT molecular complexity index is 446. The van der Waals surface area contributed by atoms with Crippen molar-refractivity contribution in [2.45, 2.75) is 25.6 Å². The van der Waals surface area contributed by atoms with E-state index >= 15 is 0 Å². The van der Waals surface area contributed by atoms with Crippen molar-refractivity contribution < 1.29 is 19.0 Å². The molecule has 0 spiro atoms. The molecule has 0 aromatic heterocycles. The Morgan fingerprint density at radius 3 is 2.90 bits per heavy atom. The van der Waals surface area contributed by atoms with E-state index in [4.69, 9.17) is 14.2 Å². The van der Waals surface area contributed by atoms with Gasteiger partial charge in [-0.15, -0.1) is 0 Å². The monoisotopic (exact) mass is 295 g/mol. The third-order valence-electron chi connectivity index (χ3n) is 3.77. The number of carbonyl (C=O) groups excluding carboxylic acids is 1. The van der Waals surface area contributed by atoms with Crippen LogP contribution < -0.4 is 0 Å². The highest BCUT2D eigenvalue weighted by molar-refractivity contribution is 5.72. The van der Waals surface area contributed by atoms with E-state index in [0.717, 1.165) is 45.0 Å². The molecule has 3 heterocycles. The summed E-state index contributed by atoms with van der Waals surface area (Å²) in [6, 6.07) is 0. The highest BCUT2D eigenvalue weighted by atomic mass is 16.6. The van der Waals surface area contributed by atoms with E-state index in [0.29, 0.717) is 6.54 Å². The highest BCUT2D eigenvalue weighted by Gasteiger charge is 2.33. The van der Waals surface area contributed by atoms with Gasteiger partial charge in [-0.3, -0.25) is 4.90 Å². The number of cyclic esters (lactones) is 1. The number of rotatable bonds is 4. The fourth-order valence-corrected chi connectivity index (χ4v) is 2.63. The van der Waals surface area contributed by atoms with Crippen molar-refractivity contribution >= 4 is 12.3 Å².